The topological polar surface area (TPSA) is 75.7 Å². The van der Waals surface area contributed by atoms with E-state index in [9.17, 15) is 13.2 Å². The van der Waals surface area contributed by atoms with E-state index in [1.165, 1.54) is 16.4 Å². The van der Waals surface area contributed by atoms with Gasteiger partial charge in [0.1, 0.15) is 5.75 Å². The quantitative estimate of drug-likeness (QED) is 0.692. The van der Waals surface area contributed by atoms with Crippen molar-refractivity contribution in [3.63, 3.8) is 0 Å². The second-order valence-corrected chi connectivity index (χ2v) is 8.26. The average Bonchev–Trinajstić information content (AvgIpc) is 2.69. The summed E-state index contributed by atoms with van der Waals surface area (Å²) in [6.45, 7) is 8.12. The number of ether oxygens (including phenoxy) is 1. The molecule has 0 aromatic heterocycles. The molecular formula is C21H28N2O4S. The van der Waals surface area contributed by atoms with Crippen LogP contribution < -0.4 is 10.1 Å². The molecule has 2 rings (SSSR count). The van der Waals surface area contributed by atoms with Crippen molar-refractivity contribution in [2.45, 2.75) is 45.1 Å². The molecule has 7 heteroatoms. The van der Waals surface area contributed by atoms with Gasteiger partial charge in [-0.15, -0.1) is 0 Å². The molecule has 0 aliphatic rings. The first kappa shape index (κ1) is 21.9. The molecule has 1 atom stereocenters. The number of nitrogens with one attached hydrogen (secondary N) is 1. The van der Waals surface area contributed by atoms with Crippen LogP contribution in [0.3, 0.4) is 0 Å². The van der Waals surface area contributed by atoms with Gasteiger partial charge < -0.3 is 10.1 Å². The molecule has 28 heavy (non-hydrogen) atoms. The fraction of sp³-hybridized carbons (Fsp3) is 0.381. The van der Waals surface area contributed by atoms with E-state index >= 15 is 0 Å². The molecule has 1 N–H and O–H groups in total. The first-order chi connectivity index (χ1) is 13.3. The van der Waals surface area contributed by atoms with Gasteiger partial charge in [-0.05, 0) is 49.2 Å². The van der Waals surface area contributed by atoms with E-state index in [4.69, 9.17) is 4.74 Å². The van der Waals surface area contributed by atoms with Gasteiger partial charge >= 0.3 is 0 Å². The van der Waals surface area contributed by atoms with Gasteiger partial charge in [0, 0.05) is 18.8 Å². The van der Waals surface area contributed by atoms with Crippen LogP contribution in [0, 0.1) is 0 Å². The Balaban J connectivity index is 2.06. The number of nitrogens with zero attached hydrogens (tertiary/aromatic N) is 1. The molecule has 0 aliphatic heterocycles. The van der Waals surface area contributed by atoms with Crippen LogP contribution in [-0.4, -0.2) is 37.8 Å². The van der Waals surface area contributed by atoms with Crippen molar-refractivity contribution in [1.29, 1.82) is 0 Å². The van der Waals surface area contributed by atoms with Crippen LogP contribution in [0.25, 0.3) is 0 Å². The highest BCUT2D eigenvalue weighted by Crippen LogP contribution is 2.21. The Morgan fingerprint density at radius 2 is 1.64 bits per heavy atom. The molecule has 0 unspecified atom stereocenters. The lowest BCUT2D eigenvalue weighted by Crippen LogP contribution is -2.31. The van der Waals surface area contributed by atoms with Crippen LogP contribution >= 0.6 is 0 Å². The van der Waals surface area contributed by atoms with Gasteiger partial charge in [0.15, 0.2) is 6.10 Å². The summed E-state index contributed by atoms with van der Waals surface area (Å²) in [5.41, 5.74) is 1.55. The van der Waals surface area contributed by atoms with Gasteiger partial charge in [-0.3, -0.25) is 4.79 Å². The first-order valence-corrected chi connectivity index (χ1v) is 10.9. The highest BCUT2D eigenvalue weighted by Gasteiger charge is 2.22. The first-order valence-electron chi connectivity index (χ1n) is 9.49. The van der Waals surface area contributed by atoms with Crippen molar-refractivity contribution in [2.24, 2.45) is 0 Å². The molecule has 2 aromatic carbocycles. The van der Waals surface area contributed by atoms with Crippen molar-refractivity contribution in [3.05, 3.63) is 54.1 Å². The third-order valence-corrected chi connectivity index (χ3v) is 6.56. The highest BCUT2D eigenvalue weighted by atomic mass is 32.2. The largest absolute Gasteiger partial charge is 0.481 e. The smallest absolute Gasteiger partial charge is 0.265 e. The Labute approximate surface area is 167 Å². The minimum absolute atomic E-state index is 0.204. The van der Waals surface area contributed by atoms with E-state index in [-0.39, 0.29) is 10.8 Å². The Morgan fingerprint density at radius 1 is 1.04 bits per heavy atom. The monoisotopic (exact) mass is 404 g/mol. The molecular weight excluding hydrogens is 376 g/mol. The molecule has 1 amide bonds. The van der Waals surface area contributed by atoms with Crippen LogP contribution in [-0.2, 0) is 21.2 Å². The second kappa shape index (κ2) is 9.71. The third kappa shape index (κ3) is 5.11. The van der Waals surface area contributed by atoms with Crippen molar-refractivity contribution in [3.8, 4) is 5.75 Å². The normalized spacial score (nSPS) is 12.6. The molecule has 0 radical (unpaired) electrons. The molecule has 0 saturated heterocycles. The summed E-state index contributed by atoms with van der Waals surface area (Å²) in [5.74, 6) is 0.388. The maximum absolute atomic E-state index is 12.5. The number of carbonyl (C=O) groups excluding carboxylic acids is 1. The summed E-state index contributed by atoms with van der Waals surface area (Å²) in [6, 6.07) is 13.8. The van der Waals surface area contributed by atoms with Crippen molar-refractivity contribution < 1.29 is 17.9 Å². The second-order valence-electron chi connectivity index (χ2n) is 6.32. The molecule has 6 nitrogen and oxygen atoms in total. The Bertz CT molecular complexity index is 891. The lowest BCUT2D eigenvalue weighted by molar-refractivity contribution is -0.122. The summed E-state index contributed by atoms with van der Waals surface area (Å²) in [5, 5.41) is 2.76. The fourth-order valence-corrected chi connectivity index (χ4v) is 4.28. The van der Waals surface area contributed by atoms with E-state index in [1.54, 1.807) is 32.9 Å². The van der Waals surface area contributed by atoms with Crippen LogP contribution in [0.4, 0.5) is 5.69 Å². The molecule has 152 valence electrons. The SMILES string of the molecule is CCc1ccccc1O[C@H](C)C(=O)Nc1ccc(S(=O)(=O)N(CC)CC)cc1. The lowest BCUT2D eigenvalue weighted by atomic mass is 10.1. The number of anilines is 1. The number of para-hydroxylation sites is 1. The van der Waals surface area contributed by atoms with Crippen molar-refractivity contribution in [2.75, 3.05) is 18.4 Å². The average molecular weight is 405 g/mol. The third-order valence-electron chi connectivity index (χ3n) is 4.49. The van der Waals surface area contributed by atoms with Gasteiger partial charge in [-0.1, -0.05) is 39.0 Å². The zero-order valence-electron chi connectivity index (χ0n) is 16.8. The molecule has 0 fully saturated rings. The molecule has 0 spiro atoms. The van der Waals surface area contributed by atoms with E-state index < -0.39 is 16.1 Å². The number of hydrogen-bond donors (Lipinski definition) is 1. The number of carbonyl (C=O) groups is 1. The predicted octanol–water partition coefficient (Wildman–Crippen LogP) is 3.69. The van der Waals surface area contributed by atoms with Crippen molar-refractivity contribution >= 4 is 21.6 Å². The number of benzene rings is 2. The molecule has 0 aliphatic carbocycles. The maximum Gasteiger partial charge on any atom is 0.265 e. The fourth-order valence-electron chi connectivity index (χ4n) is 2.82. The molecule has 0 bridgehead atoms. The lowest BCUT2D eigenvalue weighted by Gasteiger charge is -2.19. The summed E-state index contributed by atoms with van der Waals surface area (Å²) >= 11 is 0. The zero-order valence-corrected chi connectivity index (χ0v) is 17.6. The van der Waals surface area contributed by atoms with Crippen LogP contribution in [0.1, 0.15) is 33.3 Å². The zero-order chi connectivity index (χ0) is 20.7. The number of hydrogen-bond acceptors (Lipinski definition) is 4. The van der Waals surface area contributed by atoms with Gasteiger partial charge in [0.25, 0.3) is 5.91 Å². The summed E-state index contributed by atoms with van der Waals surface area (Å²) in [6.07, 6.45) is 0.124. The predicted molar refractivity (Wildman–Crippen MR) is 111 cm³/mol. The molecule has 2 aromatic rings. The number of rotatable bonds is 9. The maximum atomic E-state index is 12.5. The highest BCUT2D eigenvalue weighted by molar-refractivity contribution is 7.89. The van der Waals surface area contributed by atoms with Crippen LogP contribution in [0.5, 0.6) is 5.75 Å². The van der Waals surface area contributed by atoms with Gasteiger partial charge in [-0.2, -0.15) is 4.31 Å². The van der Waals surface area contributed by atoms with E-state index in [1.807, 2.05) is 31.2 Å². The van der Waals surface area contributed by atoms with Crippen LogP contribution in [0.2, 0.25) is 0 Å². The Hall–Kier alpha value is -2.38. The number of amides is 1. The Kier molecular flexibility index (Phi) is 7.60. The summed E-state index contributed by atoms with van der Waals surface area (Å²) < 4.78 is 32.2. The van der Waals surface area contributed by atoms with E-state index in [0.29, 0.717) is 24.5 Å². The van der Waals surface area contributed by atoms with Crippen LogP contribution in [0.15, 0.2) is 53.4 Å². The van der Waals surface area contributed by atoms with Gasteiger partial charge in [0.2, 0.25) is 10.0 Å². The van der Waals surface area contributed by atoms with Gasteiger partial charge in [0.05, 0.1) is 4.90 Å². The number of sulfonamides is 1. The van der Waals surface area contributed by atoms with Crippen molar-refractivity contribution in [1.82, 2.24) is 4.31 Å². The minimum atomic E-state index is -3.52. The summed E-state index contributed by atoms with van der Waals surface area (Å²) in [4.78, 5) is 12.6. The number of aryl methyl sites for hydroxylation is 1. The van der Waals surface area contributed by atoms with E-state index in [2.05, 4.69) is 5.32 Å². The standard InChI is InChI=1S/C21H28N2O4S/c1-5-17-10-8-9-11-20(17)27-16(4)21(24)22-18-12-14-19(15-13-18)28(25,26)23(6-2)7-3/h8-16H,5-7H2,1-4H3,(H,22,24)/t16-/m1/s1. The summed E-state index contributed by atoms with van der Waals surface area (Å²) in [7, 11) is -3.52. The minimum Gasteiger partial charge on any atom is -0.481 e. The van der Waals surface area contributed by atoms with E-state index in [0.717, 1.165) is 12.0 Å². The molecule has 0 heterocycles. The Morgan fingerprint density at radius 3 is 2.21 bits per heavy atom. The molecule has 0 saturated carbocycles. The van der Waals surface area contributed by atoms with Gasteiger partial charge in [-0.25, -0.2) is 8.42 Å².